The standard InChI is InChI=1S/C20H29N3O6S/c1-4-29-18(14-7-10-28-11-8-14)20(25)22(2)15-12-23(13-15)19(24)17-16(30(3,26)27)6-5-9-21-17/h5-6,9,14-15,18H,4,7-8,10-13H2,1-3H3. The summed E-state index contributed by atoms with van der Waals surface area (Å²) in [6.07, 6.45) is 3.51. The van der Waals surface area contributed by atoms with Crippen molar-refractivity contribution in [1.29, 1.82) is 0 Å². The Morgan fingerprint density at radius 1 is 1.33 bits per heavy atom. The number of likely N-dealkylation sites (N-methyl/N-ethyl adjacent to an activating group) is 1. The van der Waals surface area contributed by atoms with E-state index < -0.39 is 21.8 Å². The van der Waals surface area contributed by atoms with E-state index in [2.05, 4.69) is 4.98 Å². The average Bonchev–Trinajstić information content (AvgIpc) is 2.70. The van der Waals surface area contributed by atoms with Gasteiger partial charge < -0.3 is 19.3 Å². The lowest BCUT2D eigenvalue weighted by Gasteiger charge is -2.45. The molecule has 0 N–H and O–H groups in total. The molecule has 2 aliphatic heterocycles. The van der Waals surface area contributed by atoms with Crippen LogP contribution in [0.3, 0.4) is 0 Å². The Morgan fingerprint density at radius 3 is 2.60 bits per heavy atom. The van der Waals surface area contributed by atoms with Gasteiger partial charge >= 0.3 is 0 Å². The lowest BCUT2D eigenvalue weighted by molar-refractivity contribution is -0.153. The van der Waals surface area contributed by atoms with E-state index >= 15 is 0 Å². The van der Waals surface area contributed by atoms with E-state index in [-0.39, 0.29) is 28.5 Å². The maximum atomic E-state index is 13.1. The summed E-state index contributed by atoms with van der Waals surface area (Å²) >= 11 is 0. The molecule has 1 aromatic rings. The quantitative estimate of drug-likeness (QED) is 0.612. The molecule has 0 aromatic carbocycles. The van der Waals surface area contributed by atoms with Crippen LogP contribution in [0.15, 0.2) is 23.2 Å². The van der Waals surface area contributed by atoms with Crippen LogP contribution >= 0.6 is 0 Å². The third-order valence-corrected chi connectivity index (χ3v) is 6.83. The van der Waals surface area contributed by atoms with E-state index in [0.29, 0.717) is 32.9 Å². The summed E-state index contributed by atoms with van der Waals surface area (Å²) in [6, 6.07) is 2.72. The molecule has 0 saturated carbocycles. The van der Waals surface area contributed by atoms with Gasteiger partial charge in [-0.2, -0.15) is 0 Å². The summed E-state index contributed by atoms with van der Waals surface area (Å²) < 4.78 is 35.1. The number of nitrogens with zero attached hydrogens (tertiary/aromatic N) is 3. The molecule has 1 unspecified atom stereocenters. The van der Waals surface area contributed by atoms with Crippen molar-refractivity contribution in [2.24, 2.45) is 5.92 Å². The SMILES string of the molecule is CCOC(C(=O)N(C)C1CN(C(=O)c2ncccc2S(C)(=O)=O)C1)C1CCOCC1. The van der Waals surface area contributed by atoms with Crippen LogP contribution in [0.4, 0.5) is 0 Å². The molecule has 0 bridgehead atoms. The second-order valence-electron chi connectivity index (χ2n) is 7.76. The van der Waals surface area contributed by atoms with Gasteiger partial charge in [-0.1, -0.05) is 0 Å². The molecule has 2 fully saturated rings. The zero-order chi connectivity index (χ0) is 21.9. The maximum absolute atomic E-state index is 13.1. The molecule has 3 heterocycles. The lowest BCUT2D eigenvalue weighted by atomic mass is 9.92. The Bertz CT molecular complexity index is 878. The predicted octanol–water partition coefficient (Wildman–Crippen LogP) is 0.600. The summed E-state index contributed by atoms with van der Waals surface area (Å²) in [6.45, 7) is 4.23. The Morgan fingerprint density at radius 2 is 2.00 bits per heavy atom. The third kappa shape index (κ3) is 4.81. The van der Waals surface area contributed by atoms with Gasteiger partial charge in [-0.05, 0) is 37.8 Å². The highest BCUT2D eigenvalue weighted by Crippen LogP contribution is 2.25. The van der Waals surface area contributed by atoms with E-state index in [1.54, 1.807) is 11.9 Å². The number of ether oxygens (including phenoxy) is 2. The lowest BCUT2D eigenvalue weighted by Crippen LogP contribution is -2.63. The normalized spacial score (nSPS) is 19.2. The average molecular weight is 440 g/mol. The number of aromatic nitrogens is 1. The van der Waals surface area contributed by atoms with Crippen molar-refractivity contribution >= 4 is 21.7 Å². The van der Waals surface area contributed by atoms with Crippen molar-refractivity contribution in [3.8, 4) is 0 Å². The van der Waals surface area contributed by atoms with Gasteiger partial charge in [0, 0.05) is 52.4 Å². The minimum absolute atomic E-state index is 0.0816. The first-order chi connectivity index (χ1) is 14.2. The fraction of sp³-hybridized carbons (Fsp3) is 0.650. The summed E-state index contributed by atoms with van der Waals surface area (Å²) in [5, 5.41) is 0. The highest BCUT2D eigenvalue weighted by Gasteiger charge is 2.41. The van der Waals surface area contributed by atoms with Gasteiger partial charge in [0.25, 0.3) is 11.8 Å². The van der Waals surface area contributed by atoms with Crippen molar-refractivity contribution in [2.45, 2.75) is 36.8 Å². The van der Waals surface area contributed by atoms with Crippen LogP contribution in [0, 0.1) is 5.92 Å². The summed E-state index contributed by atoms with van der Waals surface area (Å²) in [7, 11) is -1.85. The number of rotatable bonds is 7. The van der Waals surface area contributed by atoms with E-state index in [4.69, 9.17) is 9.47 Å². The van der Waals surface area contributed by atoms with Crippen molar-refractivity contribution < 1.29 is 27.5 Å². The number of pyridine rings is 1. The molecule has 10 heteroatoms. The van der Waals surface area contributed by atoms with E-state index in [1.807, 2.05) is 6.92 Å². The van der Waals surface area contributed by atoms with Crippen molar-refractivity contribution in [1.82, 2.24) is 14.8 Å². The van der Waals surface area contributed by atoms with E-state index in [0.717, 1.165) is 19.1 Å². The number of carbonyl (C=O) groups excluding carboxylic acids is 2. The molecule has 0 radical (unpaired) electrons. The first-order valence-electron chi connectivity index (χ1n) is 10.1. The molecule has 2 amide bonds. The molecule has 166 valence electrons. The van der Waals surface area contributed by atoms with Crippen LogP contribution < -0.4 is 0 Å². The zero-order valence-corrected chi connectivity index (χ0v) is 18.4. The molecule has 9 nitrogen and oxygen atoms in total. The van der Waals surface area contributed by atoms with E-state index in [9.17, 15) is 18.0 Å². The van der Waals surface area contributed by atoms with Gasteiger partial charge in [-0.25, -0.2) is 13.4 Å². The highest BCUT2D eigenvalue weighted by atomic mass is 32.2. The molecule has 0 aliphatic carbocycles. The second kappa shape index (κ2) is 9.40. The summed E-state index contributed by atoms with van der Waals surface area (Å²) in [5.41, 5.74) is -0.0816. The summed E-state index contributed by atoms with van der Waals surface area (Å²) in [4.78, 5) is 32.9. The van der Waals surface area contributed by atoms with Gasteiger partial charge in [-0.15, -0.1) is 0 Å². The fourth-order valence-electron chi connectivity index (χ4n) is 3.85. The summed E-state index contributed by atoms with van der Waals surface area (Å²) in [5.74, 6) is -0.410. The number of likely N-dealkylation sites (tertiary alicyclic amines) is 1. The number of hydrogen-bond acceptors (Lipinski definition) is 7. The van der Waals surface area contributed by atoms with Crippen LogP contribution in [-0.4, -0.2) is 93.4 Å². The molecular formula is C20H29N3O6S. The van der Waals surface area contributed by atoms with Gasteiger partial charge in [0.2, 0.25) is 0 Å². The van der Waals surface area contributed by atoms with Gasteiger partial charge in [0.15, 0.2) is 9.84 Å². The molecule has 2 aliphatic rings. The smallest absolute Gasteiger partial charge is 0.273 e. The van der Waals surface area contributed by atoms with Crippen molar-refractivity contribution in [3.63, 3.8) is 0 Å². The van der Waals surface area contributed by atoms with Crippen LogP contribution in [-0.2, 0) is 24.1 Å². The monoisotopic (exact) mass is 439 g/mol. The Labute approximate surface area is 177 Å². The second-order valence-corrected chi connectivity index (χ2v) is 9.75. The predicted molar refractivity (Wildman–Crippen MR) is 109 cm³/mol. The molecule has 3 rings (SSSR count). The van der Waals surface area contributed by atoms with Gasteiger partial charge in [0.1, 0.15) is 11.8 Å². The van der Waals surface area contributed by atoms with Crippen molar-refractivity contribution in [3.05, 3.63) is 24.0 Å². The molecule has 1 aromatic heterocycles. The van der Waals surface area contributed by atoms with Gasteiger partial charge in [0.05, 0.1) is 10.9 Å². The number of sulfone groups is 1. The fourth-order valence-corrected chi connectivity index (χ4v) is 4.67. The first-order valence-corrected chi connectivity index (χ1v) is 12.0. The topological polar surface area (TPSA) is 106 Å². The Balaban J connectivity index is 1.64. The molecule has 30 heavy (non-hydrogen) atoms. The number of amides is 2. The van der Waals surface area contributed by atoms with Crippen LogP contribution in [0.25, 0.3) is 0 Å². The Kier molecular flexibility index (Phi) is 7.10. The van der Waals surface area contributed by atoms with Crippen LogP contribution in [0.5, 0.6) is 0 Å². The van der Waals surface area contributed by atoms with Crippen LogP contribution in [0.2, 0.25) is 0 Å². The minimum Gasteiger partial charge on any atom is -0.381 e. The van der Waals surface area contributed by atoms with Crippen molar-refractivity contribution in [2.75, 3.05) is 46.2 Å². The molecule has 1 atom stereocenters. The zero-order valence-electron chi connectivity index (χ0n) is 17.6. The molecule has 2 saturated heterocycles. The highest BCUT2D eigenvalue weighted by molar-refractivity contribution is 7.90. The molecule has 0 spiro atoms. The van der Waals surface area contributed by atoms with Gasteiger partial charge in [-0.3, -0.25) is 9.59 Å². The molecular weight excluding hydrogens is 410 g/mol. The third-order valence-electron chi connectivity index (χ3n) is 5.70. The maximum Gasteiger partial charge on any atom is 0.273 e. The minimum atomic E-state index is -3.57. The van der Waals surface area contributed by atoms with Crippen LogP contribution in [0.1, 0.15) is 30.3 Å². The Hall–Kier alpha value is -2.04. The van der Waals surface area contributed by atoms with E-state index in [1.165, 1.54) is 23.2 Å². The number of carbonyl (C=O) groups is 2. The first kappa shape index (κ1) is 22.6. The number of hydrogen-bond donors (Lipinski definition) is 0. The largest absolute Gasteiger partial charge is 0.381 e.